The van der Waals surface area contributed by atoms with E-state index in [0.29, 0.717) is 11.8 Å². The molecule has 0 saturated carbocycles. The maximum absolute atomic E-state index is 5.90. The lowest BCUT2D eigenvalue weighted by atomic mass is 10.00. The van der Waals surface area contributed by atoms with E-state index < -0.39 is 0 Å². The number of aromatic nitrogens is 1. The fourth-order valence-corrected chi connectivity index (χ4v) is 2.56. The molecule has 1 aromatic heterocycles. The first-order valence-corrected chi connectivity index (χ1v) is 7.05. The molecule has 0 aliphatic carbocycles. The van der Waals surface area contributed by atoms with Crippen LogP contribution in [0.3, 0.4) is 0 Å². The average molecular weight is 269 g/mol. The van der Waals surface area contributed by atoms with Gasteiger partial charge in [0.05, 0.1) is 0 Å². The molecule has 1 aliphatic heterocycles. The normalized spacial score (nSPS) is 16.8. The number of halogens is 1. The zero-order valence-corrected chi connectivity index (χ0v) is 11.9. The highest BCUT2D eigenvalue weighted by Crippen LogP contribution is 2.20. The van der Waals surface area contributed by atoms with Crippen molar-refractivity contribution in [3.63, 3.8) is 0 Å². The molecule has 2 rings (SSSR count). The number of aryl methyl sites for hydroxylation is 1. The van der Waals surface area contributed by atoms with E-state index in [4.69, 9.17) is 16.3 Å². The number of pyridine rings is 1. The Kier molecular flexibility index (Phi) is 4.84. The summed E-state index contributed by atoms with van der Waals surface area (Å²) in [5.41, 5.74) is 2.17. The third-order valence-electron chi connectivity index (χ3n) is 3.42. The monoisotopic (exact) mass is 268 g/mol. The number of rotatable bonds is 4. The third kappa shape index (κ3) is 3.59. The zero-order valence-electron chi connectivity index (χ0n) is 11.2. The first kappa shape index (κ1) is 13.6. The fourth-order valence-electron chi connectivity index (χ4n) is 2.40. The lowest BCUT2D eigenvalue weighted by Crippen LogP contribution is -2.30. The lowest BCUT2D eigenvalue weighted by molar-refractivity contribution is 0.0685. The summed E-state index contributed by atoms with van der Waals surface area (Å²) in [6.07, 6.45) is 2.30. The molecule has 0 spiro atoms. The molecule has 0 amide bonds. The maximum atomic E-state index is 5.90. The number of hydrogen-bond acceptors (Lipinski definition) is 3. The van der Waals surface area contributed by atoms with Gasteiger partial charge in [0.1, 0.15) is 5.82 Å². The van der Waals surface area contributed by atoms with Crippen molar-refractivity contribution in [2.24, 2.45) is 5.92 Å². The minimum Gasteiger partial charge on any atom is -0.381 e. The molecule has 4 heteroatoms. The Morgan fingerprint density at radius 1 is 1.39 bits per heavy atom. The summed E-state index contributed by atoms with van der Waals surface area (Å²) in [5.74, 6) is 2.28. The van der Waals surface area contributed by atoms with Gasteiger partial charge in [0.15, 0.2) is 0 Å². The van der Waals surface area contributed by atoms with Gasteiger partial charge in [-0.25, -0.2) is 4.98 Å². The minimum atomic E-state index is 0.543. The Labute approximate surface area is 114 Å². The summed E-state index contributed by atoms with van der Waals surface area (Å²) in [7, 11) is 2.11. The van der Waals surface area contributed by atoms with Crippen LogP contribution in [-0.4, -0.2) is 31.8 Å². The highest BCUT2D eigenvalue weighted by atomic mass is 35.5. The number of alkyl halides is 1. The highest BCUT2D eigenvalue weighted by Gasteiger charge is 2.16. The first-order chi connectivity index (χ1) is 8.69. The predicted molar refractivity (Wildman–Crippen MR) is 75.3 cm³/mol. The van der Waals surface area contributed by atoms with Crippen molar-refractivity contribution < 1.29 is 4.74 Å². The van der Waals surface area contributed by atoms with Gasteiger partial charge in [0, 0.05) is 38.4 Å². The first-order valence-electron chi connectivity index (χ1n) is 6.51. The summed E-state index contributed by atoms with van der Waals surface area (Å²) >= 11 is 5.90. The second kappa shape index (κ2) is 6.39. The maximum Gasteiger partial charge on any atom is 0.128 e. The van der Waals surface area contributed by atoms with Crippen molar-refractivity contribution in [2.75, 3.05) is 31.7 Å². The van der Waals surface area contributed by atoms with Crippen LogP contribution in [0, 0.1) is 12.8 Å². The lowest BCUT2D eigenvalue weighted by Gasteiger charge is -2.28. The van der Waals surface area contributed by atoms with Crippen LogP contribution >= 0.6 is 11.6 Å². The molecular weight excluding hydrogens is 248 g/mol. The van der Waals surface area contributed by atoms with Crippen molar-refractivity contribution in [3.8, 4) is 0 Å². The molecule has 3 nitrogen and oxygen atoms in total. The van der Waals surface area contributed by atoms with Gasteiger partial charge < -0.3 is 9.64 Å². The molecule has 0 atom stereocenters. The van der Waals surface area contributed by atoms with Crippen molar-refractivity contribution in [3.05, 3.63) is 23.4 Å². The van der Waals surface area contributed by atoms with Gasteiger partial charge >= 0.3 is 0 Å². The largest absolute Gasteiger partial charge is 0.381 e. The predicted octanol–water partition coefficient (Wildman–Crippen LogP) is 2.99. The van der Waals surface area contributed by atoms with Gasteiger partial charge in [-0.05, 0) is 43.4 Å². The van der Waals surface area contributed by atoms with Gasteiger partial charge in [-0.3, -0.25) is 0 Å². The fraction of sp³-hybridized carbons (Fsp3) is 0.643. The van der Waals surface area contributed by atoms with Crippen LogP contribution in [0.5, 0.6) is 0 Å². The molecule has 0 unspecified atom stereocenters. The van der Waals surface area contributed by atoms with Crippen molar-refractivity contribution in [1.29, 1.82) is 0 Å². The Morgan fingerprint density at radius 2 is 2.11 bits per heavy atom. The topological polar surface area (TPSA) is 25.4 Å². The number of anilines is 1. The molecule has 100 valence electrons. The summed E-state index contributed by atoms with van der Waals surface area (Å²) in [4.78, 5) is 6.82. The van der Waals surface area contributed by atoms with Gasteiger partial charge in [-0.15, -0.1) is 11.6 Å². The standard InChI is InChI=1S/C14H21ClN2O/c1-11-7-13(9-15)8-14(16-11)17(2)10-12-3-5-18-6-4-12/h7-8,12H,3-6,9-10H2,1-2H3. The smallest absolute Gasteiger partial charge is 0.128 e. The molecule has 0 bridgehead atoms. The van der Waals surface area contributed by atoms with Gasteiger partial charge in [0.2, 0.25) is 0 Å². The number of nitrogens with zero attached hydrogens (tertiary/aromatic N) is 2. The average Bonchev–Trinajstić information content (AvgIpc) is 2.39. The Morgan fingerprint density at radius 3 is 2.78 bits per heavy atom. The Balaban J connectivity index is 2.02. The van der Waals surface area contributed by atoms with Crippen LogP contribution in [0.2, 0.25) is 0 Å². The molecule has 0 N–H and O–H groups in total. The van der Waals surface area contributed by atoms with Crippen LogP contribution in [-0.2, 0) is 10.6 Å². The molecular formula is C14H21ClN2O. The molecule has 0 radical (unpaired) electrons. The van der Waals surface area contributed by atoms with E-state index in [1.165, 1.54) is 0 Å². The number of ether oxygens (including phenoxy) is 1. The van der Waals surface area contributed by atoms with Crippen LogP contribution in [0.4, 0.5) is 5.82 Å². The van der Waals surface area contributed by atoms with Crippen LogP contribution in [0.15, 0.2) is 12.1 Å². The van der Waals surface area contributed by atoms with Crippen LogP contribution < -0.4 is 4.90 Å². The summed E-state index contributed by atoms with van der Waals surface area (Å²) in [5, 5.41) is 0. The second-order valence-electron chi connectivity index (χ2n) is 5.04. The Hall–Kier alpha value is -0.800. The molecule has 1 fully saturated rings. The molecule has 2 heterocycles. The van der Waals surface area contributed by atoms with E-state index in [9.17, 15) is 0 Å². The molecule has 0 aromatic carbocycles. The van der Waals surface area contributed by atoms with E-state index in [1.54, 1.807) is 0 Å². The van der Waals surface area contributed by atoms with E-state index in [0.717, 1.165) is 49.7 Å². The van der Waals surface area contributed by atoms with Gasteiger partial charge in [-0.2, -0.15) is 0 Å². The van der Waals surface area contributed by atoms with E-state index in [1.807, 2.05) is 13.0 Å². The van der Waals surface area contributed by atoms with Crippen molar-refractivity contribution in [1.82, 2.24) is 4.98 Å². The SMILES string of the molecule is Cc1cc(CCl)cc(N(C)CC2CCOCC2)n1. The van der Waals surface area contributed by atoms with E-state index in [2.05, 4.69) is 23.0 Å². The van der Waals surface area contributed by atoms with Gasteiger partial charge in [0.25, 0.3) is 0 Å². The molecule has 18 heavy (non-hydrogen) atoms. The van der Waals surface area contributed by atoms with Crippen LogP contribution in [0.1, 0.15) is 24.1 Å². The third-order valence-corrected chi connectivity index (χ3v) is 3.73. The van der Waals surface area contributed by atoms with Crippen molar-refractivity contribution >= 4 is 17.4 Å². The molecule has 1 aromatic rings. The summed E-state index contributed by atoms with van der Waals surface area (Å²) in [6.45, 7) is 4.85. The highest BCUT2D eigenvalue weighted by molar-refractivity contribution is 6.17. The number of hydrogen-bond donors (Lipinski definition) is 0. The van der Waals surface area contributed by atoms with E-state index in [-0.39, 0.29) is 0 Å². The Bertz CT molecular complexity index is 391. The van der Waals surface area contributed by atoms with Gasteiger partial charge in [-0.1, -0.05) is 0 Å². The van der Waals surface area contributed by atoms with Crippen molar-refractivity contribution in [2.45, 2.75) is 25.6 Å². The van der Waals surface area contributed by atoms with Crippen LogP contribution in [0.25, 0.3) is 0 Å². The molecule has 1 aliphatic rings. The zero-order chi connectivity index (χ0) is 13.0. The minimum absolute atomic E-state index is 0.543. The molecule has 1 saturated heterocycles. The summed E-state index contributed by atoms with van der Waals surface area (Å²) in [6, 6.07) is 4.12. The summed E-state index contributed by atoms with van der Waals surface area (Å²) < 4.78 is 5.39. The second-order valence-corrected chi connectivity index (χ2v) is 5.31. The quantitative estimate of drug-likeness (QED) is 0.785. The van der Waals surface area contributed by atoms with E-state index >= 15 is 0 Å².